The molecule has 1 aromatic heterocycles. The number of rotatable bonds is 3. The van der Waals surface area contributed by atoms with Crippen LogP contribution >= 0.6 is 0 Å². The van der Waals surface area contributed by atoms with Crippen molar-refractivity contribution in [3.63, 3.8) is 0 Å². The number of carbonyl (C=O) groups excluding carboxylic acids is 2. The fourth-order valence-corrected chi connectivity index (χ4v) is 2.54. The van der Waals surface area contributed by atoms with Crippen molar-refractivity contribution < 1.29 is 18.8 Å². The highest BCUT2D eigenvalue weighted by Gasteiger charge is 2.41. The molecular formula is C14H21N3O4. The summed E-state index contributed by atoms with van der Waals surface area (Å²) in [6.07, 6.45) is 0.621. The van der Waals surface area contributed by atoms with Crippen molar-refractivity contribution >= 4 is 11.8 Å². The minimum atomic E-state index is -1.03. The Kier molecular flexibility index (Phi) is 4.32. The maximum atomic E-state index is 12.7. The maximum absolute atomic E-state index is 12.7. The molecule has 1 N–H and O–H groups in total. The first-order valence-corrected chi connectivity index (χ1v) is 7.03. The van der Waals surface area contributed by atoms with Crippen LogP contribution in [0.1, 0.15) is 35.7 Å². The molecule has 2 rings (SSSR count). The molecule has 0 saturated carbocycles. The average molecular weight is 295 g/mol. The van der Waals surface area contributed by atoms with E-state index in [1.54, 1.807) is 25.8 Å². The monoisotopic (exact) mass is 295 g/mol. The van der Waals surface area contributed by atoms with E-state index in [4.69, 9.17) is 9.26 Å². The Labute approximate surface area is 123 Å². The van der Waals surface area contributed by atoms with Crippen LogP contribution in [0, 0.1) is 6.92 Å². The number of aryl methyl sites for hydroxylation is 2. The molecule has 1 fully saturated rings. The first kappa shape index (κ1) is 15.5. The highest BCUT2D eigenvalue weighted by atomic mass is 16.5. The van der Waals surface area contributed by atoms with Gasteiger partial charge < -0.3 is 19.5 Å². The summed E-state index contributed by atoms with van der Waals surface area (Å²) in [5.41, 5.74) is 0.115. The predicted molar refractivity (Wildman–Crippen MR) is 74.9 cm³/mol. The number of hydrogen-bond donors (Lipinski definition) is 1. The molecule has 0 aromatic carbocycles. The predicted octanol–water partition coefficient (Wildman–Crippen LogP) is 0.523. The number of morpholine rings is 1. The lowest BCUT2D eigenvalue weighted by atomic mass is 10.0. The first-order valence-electron chi connectivity index (χ1n) is 7.03. The van der Waals surface area contributed by atoms with Gasteiger partial charge >= 0.3 is 0 Å². The van der Waals surface area contributed by atoms with Gasteiger partial charge in [-0.05, 0) is 20.3 Å². The van der Waals surface area contributed by atoms with E-state index in [0.29, 0.717) is 36.6 Å². The van der Waals surface area contributed by atoms with Gasteiger partial charge in [0.1, 0.15) is 11.3 Å². The third kappa shape index (κ3) is 2.78. The van der Waals surface area contributed by atoms with Crippen LogP contribution in [0.3, 0.4) is 0 Å². The minimum Gasteiger partial charge on any atom is -0.362 e. The lowest BCUT2D eigenvalue weighted by Crippen LogP contribution is -2.58. The van der Waals surface area contributed by atoms with Crippen LogP contribution < -0.4 is 5.32 Å². The second-order valence-electron chi connectivity index (χ2n) is 5.30. The number of likely N-dealkylation sites (N-methyl/N-ethyl adjacent to an activating group) is 1. The van der Waals surface area contributed by atoms with Crippen LogP contribution in [0.25, 0.3) is 0 Å². The van der Waals surface area contributed by atoms with Crippen molar-refractivity contribution in [2.75, 3.05) is 26.7 Å². The molecule has 1 aliphatic heterocycles. The third-order valence-electron chi connectivity index (χ3n) is 3.75. The SMILES string of the molecule is CCc1noc(C)c1C(=O)N1CCO[C@@](C)(C(=O)NC)C1. The number of nitrogens with zero attached hydrogens (tertiary/aromatic N) is 2. The summed E-state index contributed by atoms with van der Waals surface area (Å²) in [7, 11) is 1.55. The molecule has 116 valence electrons. The number of nitrogens with one attached hydrogen (secondary N) is 1. The summed E-state index contributed by atoms with van der Waals surface area (Å²) in [6.45, 7) is 6.30. The van der Waals surface area contributed by atoms with Crippen molar-refractivity contribution in [3.8, 4) is 0 Å². The van der Waals surface area contributed by atoms with Gasteiger partial charge in [-0.25, -0.2) is 0 Å². The molecule has 0 radical (unpaired) electrons. The number of aromatic nitrogens is 1. The van der Waals surface area contributed by atoms with Gasteiger partial charge in [-0.3, -0.25) is 9.59 Å². The second kappa shape index (κ2) is 5.85. The Balaban J connectivity index is 2.23. The zero-order valence-corrected chi connectivity index (χ0v) is 12.9. The zero-order chi connectivity index (χ0) is 15.6. The van der Waals surface area contributed by atoms with Gasteiger partial charge in [0.05, 0.1) is 18.8 Å². The molecule has 1 aromatic rings. The number of hydrogen-bond acceptors (Lipinski definition) is 5. The van der Waals surface area contributed by atoms with E-state index in [1.165, 1.54) is 0 Å². The Morgan fingerprint density at radius 1 is 1.48 bits per heavy atom. The average Bonchev–Trinajstić information content (AvgIpc) is 2.86. The molecular weight excluding hydrogens is 274 g/mol. The Morgan fingerprint density at radius 2 is 2.19 bits per heavy atom. The Hall–Kier alpha value is -1.89. The molecule has 7 heteroatoms. The topological polar surface area (TPSA) is 84.7 Å². The van der Waals surface area contributed by atoms with Crippen molar-refractivity contribution in [2.24, 2.45) is 0 Å². The summed E-state index contributed by atoms with van der Waals surface area (Å²) in [4.78, 5) is 26.2. The Bertz CT molecular complexity index is 554. The summed E-state index contributed by atoms with van der Waals surface area (Å²) in [5.74, 6) is 0.103. The Morgan fingerprint density at radius 3 is 2.81 bits per heavy atom. The van der Waals surface area contributed by atoms with Gasteiger partial charge in [-0.1, -0.05) is 12.1 Å². The van der Waals surface area contributed by atoms with Gasteiger partial charge in [0.15, 0.2) is 5.60 Å². The standard InChI is InChI=1S/C14H21N3O4/c1-5-10-11(9(2)21-16-10)12(18)17-6-7-20-14(3,8-17)13(19)15-4/h5-8H2,1-4H3,(H,15,19)/t14-/m1/s1. The molecule has 1 atom stereocenters. The van der Waals surface area contributed by atoms with Crippen molar-refractivity contribution in [3.05, 3.63) is 17.0 Å². The molecule has 2 amide bonds. The van der Waals surface area contributed by atoms with Gasteiger partial charge in [0.25, 0.3) is 11.8 Å². The van der Waals surface area contributed by atoms with Crippen LogP contribution in [-0.2, 0) is 16.0 Å². The molecule has 7 nitrogen and oxygen atoms in total. The van der Waals surface area contributed by atoms with Gasteiger partial charge in [0.2, 0.25) is 0 Å². The van der Waals surface area contributed by atoms with Crippen LogP contribution in [0.2, 0.25) is 0 Å². The summed E-state index contributed by atoms with van der Waals surface area (Å²) < 4.78 is 10.7. The zero-order valence-electron chi connectivity index (χ0n) is 12.9. The van der Waals surface area contributed by atoms with Gasteiger partial charge in [0, 0.05) is 13.6 Å². The van der Waals surface area contributed by atoms with Crippen LogP contribution in [0.15, 0.2) is 4.52 Å². The third-order valence-corrected chi connectivity index (χ3v) is 3.75. The lowest BCUT2D eigenvalue weighted by molar-refractivity contribution is -0.153. The van der Waals surface area contributed by atoms with E-state index in [2.05, 4.69) is 10.5 Å². The van der Waals surface area contributed by atoms with Gasteiger partial charge in [-0.15, -0.1) is 0 Å². The highest BCUT2D eigenvalue weighted by molar-refractivity contribution is 5.97. The van der Waals surface area contributed by atoms with E-state index in [0.717, 1.165) is 0 Å². The van der Waals surface area contributed by atoms with E-state index >= 15 is 0 Å². The molecule has 0 bridgehead atoms. The summed E-state index contributed by atoms with van der Waals surface area (Å²) >= 11 is 0. The minimum absolute atomic E-state index is 0.163. The molecule has 1 aliphatic rings. The van der Waals surface area contributed by atoms with Crippen LogP contribution in [0.5, 0.6) is 0 Å². The largest absolute Gasteiger partial charge is 0.362 e. The summed E-state index contributed by atoms with van der Waals surface area (Å²) in [5, 5.41) is 6.48. The molecule has 2 heterocycles. The second-order valence-corrected chi connectivity index (χ2v) is 5.30. The first-order chi connectivity index (χ1) is 9.92. The van der Waals surface area contributed by atoms with E-state index < -0.39 is 5.60 Å². The number of carbonyl (C=O) groups is 2. The number of ether oxygens (including phenoxy) is 1. The number of amides is 2. The fourth-order valence-electron chi connectivity index (χ4n) is 2.54. The van der Waals surface area contributed by atoms with Crippen molar-refractivity contribution in [1.29, 1.82) is 0 Å². The molecule has 0 aliphatic carbocycles. The lowest BCUT2D eigenvalue weighted by Gasteiger charge is -2.39. The van der Waals surface area contributed by atoms with Gasteiger partial charge in [-0.2, -0.15) is 0 Å². The molecule has 0 spiro atoms. The molecule has 1 saturated heterocycles. The van der Waals surface area contributed by atoms with Crippen LogP contribution in [-0.4, -0.2) is 54.2 Å². The summed E-state index contributed by atoms with van der Waals surface area (Å²) in [6, 6.07) is 0. The highest BCUT2D eigenvalue weighted by Crippen LogP contribution is 2.22. The van der Waals surface area contributed by atoms with Crippen molar-refractivity contribution in [1.82, 2.24) is 15.4 Å². The molecule has 0 unspecified atom stereocenters. The smallest absolute Gasteiger partial charge is 0.259 e. The molecule has 21 heavy (non-hydrogen) atoms. The quantitative estimate of drug-likeness (QED) is 0.879. The van der Waals surface area contributed by atoms with E-state index in [1.807, 2.05) is 6.92 Å². The van der Waals surface area contributed by atoms with Crippen molar-refractivity contribution in [2.45, 2.75) is 32.8 Å². The fraction of sp³-hybridized carbons (Fsp3) is 0.643. The maximum Gasteiger partial charge on any atom is 0.259 e. The normalized spacial score (nSPS) is 22.2. The van der Waals surface area contributed by atoms with E-state index in [9.17, 15) is 9.59 Å². The van der Waals surface area contributed by atoms with E-state index in [-0.39, 0.29) is 18.4 Å². The van der Waals surface area contributed by atoms with Crippen LogP contribution in [0.4, 0.5) is 0 Å².